The number of rotatable bonds is 2. The largest absolute Gasteiger partial charge is 0.383 e. The number of aromatic nitrogens is 2. The molecule has 1 fully saturated rings. The van der Waals surface area contributed by atoms with Crippen molar-refractivity contribution in [3.63, 3.8) is 0 Å². The molecule has 0 aromatic carbocycles. The Balaban J connectivity index is 1.92. The molecule has 2 N–H and O–H groups in total. The summed E-state index contributed by atoms with van der Waals surface area (Å²) in [6.07, 6.45) is 4.52. The highest BCUT2D eigenvalue weighted by Gasteiger charge is 2.24. The molecule has 0 bridgehead atoms. The summed E-state index contributed by atoms with van der Waals surface area (Å²) in [5.41, 5.74) is 8.01. The molecule has 0 spiro atoms. The highest BCUT2D eigenvalue weighted by atomic mass is 16.5. The number of nitrogens with two attached hydrogens (primary N) is 1. The minimum absolute atomic E-state index is 0.574. The van der Waals surface area contributed by atoms with Crippen molar-refractivity contribution in [3.8, 4) is 0 Å². The van der Waals surface area contributed by atoms with Crippen LogP contribution in [-0.2, 0) is 24.2 Å². The summed E-state index contributed by atoms with van der Waals surface area (Å²) < 4.78 is 5.35. The lowest BCUT2D eigenvalue weighted by Crippen LogP contribution is -2.17. The SMILES string of the molecule is Nc1nc(CC2CC2)nc2c1COCC2. The van der Waals surface area contributed by atoms with Crippen LogP contribution in [0.3, 0.4) is 0 Å². The van der Waals surface area contributed by atoms with Crippen LogP contribution in [0.1, 0.15) is 29.9 Å². The summed E-state index contributed by atoms with van der Waals surface area (Å²) in [4.78, 5) is 8.94. The van der Waals surface area contributed by atoms with Gasteiger partial charge in [-0.15, -0.1) is 0 Å². The Hall–Kier alpha value is -1.16. The van der Waals surface area contributed by atoms with E-state index in [1.807, 2.05) is 0 Å². The first-order valence-electron chi connectivity index (χ1n) is 5.55. The monoisotopic (exact) mass is 205 g/mol. The molecule has 1 saturated carbocycles. The van der Waals surface area contributed by atoms with Gasteiger partial charge in [-0.1, -0.05) is 0 Å². The molecule has 80 valence electrons. The minimum atomic E-state index is 0.574. The van der Waals surface area contributed by atoms with Crippen LogP contribution in [0, 0.1) is 5.92 Å². The molecule has 2 aliphatic rings. The van der Waals surface area contributed by atoms with E-state index in [4.69, 9.17) is 10.5 Å². The number of hydrogen-bond acceptors (Lipinski definition) is 4. The quantitative estimate of drug-likeness (QED) is 0.785. The first kappa shape index (κ1) is 9.09. The number of ether oxygens (including phenoxy) is 1. The second kappa shape index (κ2) is 3.45. The first-order valence-corrected chi connectivity index (χ1v) is 5.55. The van der Waals surface area contributed by atoms with Crippen LogP contribution in [0.4, 0.5) is 5.82 Å². The smallest absolute Gasteiger partial charge is 0.132 e. The van der Waals surface area contributed by atoms with Gasteiger partial charge in [0.25, 0.3) is 0 Å². The second-order valence-corrected chi connectivity index (χ2v) is 4.40. The fourth-order valence-corrected chi connectivity index (χ4v) is 1.98. The van der Waals surface area contributed by atoms with E-state index in [-0.39, 0.29) is 0 Å². The first-order chi connectivity index (χ1) is 7.33. The summed E-state index contributed by atoms with van der Waals surface area (Å²) in [6.45, 7) is 1.33. The molecule has 0 atom stereocenters. The van der Waals surface area contributed by atoms with E-state index in [1.54, 1.807) is 0 Å². The molecule has 1 aromatic heterocycles. The third kappa shape index (κ3) is 1.81. The molecule has 1 aliphatic carbocycles. The summed E-state index contributed by atoms with van der Waals surface area (Å²) >= 11 is 0. The lowest BCUT2D eigenvalue weighted by atomic mass is 10.1. The van der Waals surface area contributed by atoms with Gasteiger partial charge in [0.05, 0.1) is 18.9 Å². The maximum atomic E-state index is 5.91. The number of fused-ring (bicyclic) bond motifs is 1. The Morgan fingerprint density at radius 3 is 3.00 bits per heavy atom. The van der Waals surface area contributed by atoms with E-state index in [2.05, 4.69) is 9.97 Å². The van der Waals surface area contributed by atoms with Crippen molar-refractivity contribution >= 4 is 5.82 Å². The molecular weight excluding hydrogens is 190 g/mol. The van der Waals surface area contributed by atoms with Crippen LogP contribution >= 0.6 is 0 Å². The van der Waals surface area contributed by atoms with Gasteiger partial charge in [0.2, 0.25) is 0 Å². The molecule has 0 unspecified atom stereocenters. The van der Waals surface area contributed by atoms with Gasteiger partial charge in [-0.25, -0.2) is 9.97 Å². The van der Waals surface area contributed by atoms with Gasteiger partial charge >= 0.3 is 0 Å². The van der Waals surface area contributed by atoms with E-state index in [0.29, 0.717) is 12.4 Å². The van der Waals surface area contributed by atoms with Crippen LogP contribution in [-0.4, -0.2) is 16.6 Å². The van der Waals surface area contributed by atoms with E-state index in [1.165, 1.54) is 12.8 Å². The highest BCUT2D eigenvalue weighted by Crippen LogP contribution is 2.32. The van der Waals surface area contributed by atoms with Gasteiger partial charge in [-0.2, -0.15) is 0 Å². The topological polar surface area (TPSA) is 61.0 Å². The van der Waals surface area contributed by atoms with Crippen LogP contribution in [0.25, 0.3) is 0 Å². The zero-order valence-electron chi connectivity index (χ0n) is 8.70. The number of hydrogen-bond donors (Lipinski definition) is 1. The van der Waals surface area contributed by atoms with Crippen LogP contribution in [0.2, 0.25) is 0 Å². The Labute approximate surface area is 88.9 Å². The molecule has 0 amide bonds. The van der Waals surface area contributed by atoms with Gasteiger partial charge in [-0.3, -0.25) is 0 Å². The van der Waals surface area contributed by atoms with Crippen LogP contribution in [0.15, 0.2) is 0 Å². The van der Waals surface area contributed by atoms with Gasteiger partial charge in [0, 0.05) is 18.4 Å². The van der Waals surface area contributed by atoms with Gasteiger partial charge in [0.15, 0.2) is 0 Å². The lowest BCUT2D eigenvalue weighted by molar-refractivity contribution is 0.109. The molecule has 1 aliphatic heterocycles. The number of nitrogens with zero attached hydrogens (tertiary/aromatic N) is 2. The fraction of sp³-hybridized carbons (Fsp3) is 0.636. The normalized spacial score (nSPS) is 20.0. The molecule has 0 radical (unpaired) electrons. The highest BCUT2D eigenvalue weighted by molar-refractivity contribution is 5.42. The molecule has 15 heavy (non-hydrogen) atoms. The van der Waals surface area contributed by atoms with Crippen molar-refractivity contribution in [1.29, 1.82) is 0 Å². The Bertz CT molecular complexity index is 388. The minimum Gasteiger partial charge on any atom is -0.383 e. The molecular formula is C11H15N3O. The summed E-state index contributed by atoms with van der Waals surface area (Å²) in [7, 11) is 0. The molecule has 1 aromatic rings. The van der Waals surface area contributed by atoms with Crippen molar-refractivity contribution in [3.05, 3.63) is 17.1 Å². The van der Waals surface area contributed by atoms with Crippen molar-refractivity contribution < 1.29 is 4.74 Å². The standard InChI is InChI=1S/C11H15N3O/c12-11-8-6-15-4-3-9(8)13-10(14-11)5-7-1-2-7/h7H,1-6H2,(H2,12,13,14). The predicted octanol–water partition coefficient (Wildman–Crippen LogP) is 1.08. The lowest BCUT2D eigenvalue weighted by Gasteiger charge is -2.17. The fourth-order valence-electron chi connectivity index (χ4n) is 1.98. The summed E-state index contributed by atoms with van der Waals surface area (Å²) in [6, 6.07) is 0. The van der Waals surface area contributed by atoms with Crippen molar-refractivity contribution in [2.75, 3.05) is 12.3 Å². The van der Waals surface area contributed by atoms with Crippen LogP contribution < -0.4 is 5.73 Å². The van der Waals surface area contributed by atoms with Crippen molar-refractivity contribution in [2.24, 2.45) is 5.92 Å². The zero-order valence-corrected chi connectivity index (χ0v) is 8.70. The average Bonchev–Trinajstić information content (AvgIpc) is 3.02. The third-order valence-electron chi connectivity index (χ3n) is 3.07. The van der Waals surface area contributed by atoms with E-state index in [9.17, 15) is 0 Å². The maximum Gasteiger partial charge on any atom is 0.132 e. The summed E-state index contributed by atoms with van der Waals surface area (Å²) in [5.74, 6) is 2.35. The Kier molecular flexibility index (Phi) is 2.09. The zero-order chi connectivity index (χ0) is 10.3. The van der Waals surface area contributed by atoms with Gasteiger partial charge < -0.3 is 10.5 Å². The predicted molar refractivity (Wildman–Crippen MR) is 56.2 cm³/mol. The average molecular weight is 205 g/mol. The van der Waals surface area contributed by atoms with Crippen molar-refractivity contribution in [2.45, 2.75) is 32.3 Å². The molecule has 4 nitrogen and oxygen atoms in total. The van der Waals surface area contributed by atoms with Crippen molar-refractivity contribution in [1.82, 2.24) is 9.97 Å². The molecule has 3 rings (SSSR count). The van der Waals surface area contributed by atoms with E-state index in [0.717, 1.165) is 42.4 Å². The van der Waals surface area contributed by atoms with Crippen LogP contribution in [0.5, 0.6) is 0 Å². The number of nitrogen functional groups attached to an aromatic ring is 1. The Morgan fingerprint density at radius 2 is 2.20 bits per heavy atom. The molecule has 2 heterocycles. The van der Waals surface area contributed by atoms with E-state index < -0.39 is 0 Å². The number of anilines is 1. The van der Waals surface area contributed by atoms with Gasteiger partial charge in [-0.05, 0) is 18.8 Å². The Morgan fingerprint density at radius 1 is 1.33 bits per heavy atom. The third-order valence-corrected chi connectivity index (χ3v) is 3.07. The summed E-state index contributed by atoms with van der Waals surface area (Å²) in [5, 5.41) is 0. The molecule has 0 saturated heterocycles. The second-order valence-electron chi connectivity index (χ2n) is 4.40. The van der Waals surface area contributed by atoms with Gasteiger partial charge in [0.1, 0.15) is 11.6 Å². The maximum absolute atomic E-state index is 5.91. The van der Waals surface area contributed by atoms with E-state index >= 15 is 0 Å². The molecule has 4 heteroatoms.